The smallest absolute Gasteiger partial charge is 0.407 e. The fraction of sp³-hybridized carbons (Fsp3) is 0.636. The van der Waals surface area contributed by atoms with Gasteiger partial charge in [-0.1, -0.05) is 24.3 Å². The van der Waals surface area contributed by atoms with Crippen molar-refractivity contribution in [2.45, 2.75) is 55.4 Å². The number of ether oxygens (including phenoxy) is 1. The maximum atomic E-state index is 12.9. The summed E-state index contributed by atoms with van der Waals surface area (Å²) in [6, 6.07) is 9.37. The van der Waals surface area contributed by atoms with Crippen molar-refractivity contribution in [2.75, 3.05) is 19.7 Å². The van der Waals surface area contributed by atoms with Crippen LogP contribution in [0.25, 0.3) is 0 Å². The maximum absolute atomic E-state index is 12.9. The van der Waals surface area contributed by atoms with Gasteiger partial charge in [-0.15, -0.1) is 0 Å². The molecule has 1 N–H and O–H groups in total. The molecular formula is C22H26N2O3. The molecule has 3 aliphatic carbocycles. The number of carbonyl (C=O) groups is 2. The summed E-state index contributed by atoms with van der Waals surface area (Å²) in [6.45, 7) is 2.18. The van der Waals surface area contributed by atoms with Crippen LogP contribution in [0.5, 0.6) is 0 Å². The summed E-state index contributed by atoms with van der Waals surface area (Å²) in [5, 5.41) is 2.88. The van der Waals surface area contributed by atoms with E-state index in [1.54, 1.807) is 0 Å². The second-order valence-electron chi connectivity index (χ2n) is 9.57. The number of cyclic esters (lactones) is 1. The first-order valence-corrected chi connectivity index (χ1v) is 10.4. The Morgan fingerprint density at radius 3 is 2.56 bits per heavy atom. The molecule has 5 fully saturated rings. The third-order valence-electron chi connectivity index (χ3n) is 7.82. The molecule has 142 valence electrons. The number of hydrogen-bond acceptors (Lipinski definition) is 3. The van der Waals surface area contributed by atoms with Gasteiger partial charge in [-0.05, 0) is 61.5 Å². The number of hydrogen-bond donors (Lipinski definition) is 1. The van der Waals surface area contributed by atoms with Gasteiger partial charge in [0.25, 0.3) is 0 Å². The summed E-state index contributed by atoms with van der Waals surface area (Å²) in [6.07, 6.45) is 6.13. The van der Waals surface area contributed by atoms with E-state index in [-0.39, 0.29) is 23.5 Å². The molecule has 27 heavy (non-hydrogen) atoms. The number of alkyl carbamates (subject to hydrolysis) is 1. The van der Waals surface area contributed by atoms with E-state index >= 15 is 0 Å². The molecule has 2 unspecified atom stereocenters. The Bertz CT molecular complexity index is 809. The van der Waals surface area contributed by atoms with E-state index in [1.165, 1.54) is 30.4 Å². The van der Waals surface area contributed by atoms with Crippen molar-refractivity contribution in [1.29, 1.82) is 0 Å². The number of nitrogens with one attached hydrogen (secondary N) is 1. The van der Waals surface area contributed by atoms with E-state index < -0.39 is 0 Å². The lowest BCUT2D eigenvalue weighted by Crippen LogP contribution is -2.58. The summed E-state index contributed by atoms with van der Waals surface area (Å²) < 4.78 is 5.02. The fourth-order valence-electron chi connectivity index (χ4n) is 5.85. The predicted molar refractivity (Wildman–Crippen MR) is 99.3 cm³/mol. The predicted octanol–water partition coefficient (Wildman–Crippen LogP) is 2.94. The van der Waals surface area contributed by atoms with Crippen molar-refractivity contribution >= 4 is 12.0 Å². The van der Waals surface area contributed by atoms with Crippen molar-refractivity contribution in [1.82, 2.24) is 10.2 Å². The van der Waals surface area contributed by atoms with E-state index in [1.807, 2.05) is 0 Å². The number of benzene rings is 1. The van der Waals surface area contributed by atoms with Gasteiger partial charge in [-0.25, -0.2) is 4.79 Å². The van der Waals surface area contributed by atoms with Gasteiger partial charge >= 0.3 is 6.09 Å². The second-order valence-corrected chi connectivity index (χ2v) is 9.57. The molecule has 5 heteroatoms. The molecule has 1 spiro atoms. The zero-order chi connectivity index (χ0) is 18.2. The summed E-state index contributed by atoms with van der Waals surface area (Å²) in [5.74, 6) is 1.76. The minimum Gasteiger partial charge on any atom is -0.447 e. The van der Waals surface area contributed by atoms with Gasteiger partial charge in [0.15, 0.2) is 0 Å². The molecule has 0 aromatic heterocycles. The second kappa shape index (κ2) is 5.27. The molecule has 2 amide bonds. The molecule has 5 aliphatic rings. The molecule has 2 atom stereocenters. The molecule has 3 saturated carbocycles. The van der Waals surface area contributed by atoms with Crippen LogP contribution in [0, 0.1) is 11.8 Å². The van der Waals surface area contributed by atoms with Gasteiger partial charge in [0, 0.05) is 24.4 Å². The zero-order valence-electron chi connectivity index (χ0n) is 15.6. The van der Waals surface area contributed by atoms with Crippen LogP contribution in [0.4, 0.5) is 4.79 Å². The zero-order valence-corrected chi connectivity index (χ0v) is 15.6. The number of piperidine rings is 1. The molecule has 6 rings (SSSR count). The number of nitrogens with zero attached hydrogens (tertiary/aromatic N) is 1. The number of rotatable bonds is 3. The van der Waals surface area contributed by atoms with Crippen LogP contribution in [-0.4, -0.2) is 42.1 Å². The monoisotopic (exact) mass is 366 g/mol. The van der Waals surface area contributed by atoms with Crippen molar-refractivity contribution in [2.24, 2.45) is 11.8 Å². The highest BCUT2D eigenvalue weighted by Gasteiger charge is 2.59. The highest BCUT2D eigenvalue weighted by atomic mass is 16.6. The maximum Gasteiger partial charge on any atom is 0.407 e. The number of amides is 2. The molecule has 0 bridgehead atoms. The Labute approximate surface area is 159 Å². The Hall–Kier alpha value is -2.04. The minimum atomic E-state index is -0.339. The first-order valence-electron chi connectivity index (χ1n) is 10.4. The van der Waals surface area contributed by atoms with E-state index in [0.29, 0.717) is 17.9 Å². The van der Waals surface area contributed by atoms with E-state index in [4.69, 9.17) is 4.74 Å². The fourth-order valence-corrected chi connectivity index (χ4v) is 5.85. The van der Waals surface area contributed by atoms with E-state index in [9.17, 15) is 9.59 Å². The SMILES string of the molecule is O=C1NC2(CO1)CC(C(=O)N1CCC3(c4ccc(C5CC5)cc4)CC3C1)C2. The topological polar surface area (TPSA) is 58.6 Å². The molecule has 2 saturated heterocycles. The summed E-state index contributed by atoms with van der Waals surface area (Å²) >= 11 is 0. The number of likely N-dealkylation sites (tertiary alicyclic amines) is 1. The van der Waals surface area contributed by atoms with Crippen LogP contribution in [-0.2, 0) is 14.9 Å². The number of carbonyl (C=O) groups excluding carboxylic acids is 2. The first kappa shape index (κ1) is 16.0. The van der Waals surface area contributed by atoms with Gasteiger partial charge in [0.2, 0.25) is 5.91 Å². The third-order valence-corrected chi connectivity index (χ3v) is 7.82. The van der Waals surface area contributed by atoms with Crippen molar-refractivity contribution in [3.8, 4) is 0 Å². The van der Waals surface area contributed by atoms with Gasteiger partial charge in [0.1, 0.15) is 6.61 Å². The molecule has 5 nitrogen and oxygen atoms in total. The number of fused-ring (bicyclic) bond motifs is 1. The van der Waals surface area contributed by atoms with E-state index in [2.05, 4.69) is 34.5 Å². The van der Waals surface area contributed by atoms with E-state index in [0.717, 1.165) is 38.3 Å². The normalized spacial score (nSPS) is 39.4. The van der Waals surface area contributed by atoms with Crippen LogP contribution in [0.2, 0.25) is 0 Å². The summed E-state index contributed by atoms with van der Waals surface area (Å²) in [5.41, 5.74) is 3.05. The lowest BCUT2D eigenvalue weighted by Gasteiger charge is -2.44. The lowest BCUT2D eigenvalue weighted by molar-refractivity contribution is -0.142. The molecule has 1 aromatic rings. The largest absolute Gasteiger partial charge is 0.447 e. The molecule has 2 aliphatic heterocycles. The minimum absolute atomic E-state index is 0.0519. The highest BCUT2D eigenvalue weighted by Crippen LogP contribution is 2.59. The Balaban J connectivity index is 1.08. The Kier molecular flexibility index (Phi) is 3.12. The Morgan fingerprint density at radius 1 is 1.15 bits per heavy atom. The molecular weight excluding hydrogens is 340 g/mol. The van der Waals surface area contributed by atoms with Crippen molar-refractivity contribution in [3.63, 3.8) is 0 Å². The van der Waals surface area contributed by atoms with Crippen LogP contribution in [0.1, 0.15) is 55.6 Å². The Morgan fingerprint density at radius 2 is 1.93 bits per heavy atom. The lowest BCUT2D eigenvalue weighted by atomic mass is 9.68. The molecule has 2 heterocycles. The molecule has 0 radical (unpaired) electrons. The summed E-state index contributed by atoms with van der Waals surface area (Å²) in [7, 11) is 0. The summed E-state index contributed by atoms with van der Waals surface area (Å²) in [4.78, 5) is 26.3. The first-order chi connectivity index (χ1) is 13.1. The van der Waals surface area contributed by atoms with Gasteiger partial charge in [-0.2, -0.15) is 0 Å². The van der Waals surface area contributed by atoms with Gasteiger partial charge < -0.3 is 15.0 Å². The average Bonchev–Trinajstić information content (AvgIpc) is 3.56. The van der Waals surface area contributed by atoms with Crippen LogP contribution in [0.3, 0.4) is 0 Å². The van der Waals surface area contributed by atoms with Gasteiger partial charge in [0.05, 0.1) is 5.54 Å². The van der Waals surface area contributed by atoms with Crippen LogP contribution >= 0.6 is 0 Å². The van der Waals surface area contributed by atoms with Gasteiger partial charge in [-0.3, -0.25) is 4.79 Å². The highest BCUT2D eigenvalue weighted by molar-refractivity contribution is 5.82. The van der Waals surface area contributed by atoms with Crippen LogP contribution < -0.4 is 5.32 Å². The average molecular weight is 366 g/mol. The van der Waals surface area contributed by atoms with Crippen LogP contribution in [0.15, 0.2) is 24.3 Å². The van der Waals surface area contributed by atoms with Crippen molar-refractivity contribution in [3.05, 3.63) is 35.4 Å². The molecule has 1 aromatic carbocycles. The third kappa shape index (κ3) is 2.43. The quantitative estimate of drug-likeness (QED) is 0.895. The van der Waals surface area contributed by atoms with Crippen molar-refractivity contribution < 1.29 is 14.3 Å². The standard InChI is InChI=1S/C22H26N2O3/c25-19(16-9-21(10-16)13-27-20(26)23-21)24-8-7-22(11-18(22)12-24)17-5-3-15(4-6-17)14-1-2-14/h3-6,14,16,18H,1-2,7-13H2,(H,23,26).